The summed E-state index contributed by atoms with van der Waals surface area (Å²) in [6.07, 6.45) is 3.89. The number of allylic oxidation sites excluding steroid dienone is 1. The van der Waals surface area contributed by atoms with E-state index in [1.54, 1.807) is 6.07 Å². The van der Waals surface area contributed by atoms with Gasteiger partial charge in [0.15, 0.2) is 0 Å². The molecule has 0 radical (unpaired) electrons. The molecule has 1 rings (SSSR count). The fraction of sp³-hybridized carbons (Fsp3) is 0.125. The number of aromatic nitrogens is 2. The van der Waals surface area contributed by atoms with Gasteiger partial charge >= 0.3 is 5.69 Å². The number of hydrogen-bond acceptors (Lipinski definition) is 3. The van der Waals surface area contributed by atoms with Crippen molar-refractivity contribution in [1.29, 1.82) is 5.26 Å². The third kappa shape index (κ3) is 1.93. The highest BCUT2D eigenvalue weighted by Gasteiger charge is 1.97. The lowest BCUT2D eigenvalue weighted by Gasteiger charge is -1.95. The third-order valence-electron chi connectivity index (χ3n) is 1.47. The predicted octanol–water partition coefficient (Wildman–Crippen LogP) is -0.390. The molecule has 0 fully saturated rings. The van der Waals surface area contributed by atoms with E-state index in [4.69, 9.17) is 5.26 Å². The van der Waals surface area contributed by atoms with Crippen LogP contribution in [0.2, 0.25) is 0 Å². The fourth-order valence-corrected chi connectivity index (χ4v) is 0.829. The molecule has 1 N–H and O–H groups in total. The van der Waals surface area contributed by atoms with Crippen molar-refractivity contribution in [2.24, 2.45) is 7.05 Å². The number of nitriles is 1. The van der Waals surface area contributed by atoms with E-state index in [1.165, 1.54) is 30.0 Å². The Balaban J connectivity index is 3.34. The van der Waals surface area contributed by atoms with Crippen LogP contribution >= 0.6 is 0 Å². The van der Waals surface area contributed by atoms with Gasteiger partial charge in [-0.25, -0.2) is 4.79 Å². The Bertz CT molecular complexity index is 487. The van der Waals surface area contributed by atoms with Crippen LogP contribution in [-0.4, -0.2) is 9.55 Å². The van der Waals surface area contributed by atoms with E-state index >= 15 is 0 Å². The molecule has 0 amide bonds. The molecule has 0 bridgehead atoms. The van der Waals surface area contributed by atoms with Crippen molar-refractivity contribution in [3.8, 4) is 6.07 Å². The molecule has 5 nitrogen and oxygen atoms in total. The number of aromatic amines is 1. The predicted molar refractivity (Wildman–Crippen MR) is 47.0 cm³/mol. The molecule has 66 valence electrons. The topological polar surface area (TPSA) is 78.7 Å². The molecule has 1 aromatic heterocycles. The summed E-state index contributed by atoms with van der Waals surface area (Å²) in [6, 6.07) is 1.76. The van der Waals surface area contributed by atoms with Crippen LogP contribution in [0.5, 0.6) is 0 Å². The summed E-state index contributed by atoms with van der Waals surface area (Å²) in [5, 5.41) is 8.22. The number of nitrogens with one attached hydrogen (secondary N) is 1. The molecule has 0 atom stereocenters. The van der Waals surface area contributed by atoms with Gasteiger partial charge < -0.3 is 4.57 Å². The Morgan fingerprint density at radius 1 is 1.62 bits per heavy atom. The quantitative estimate of drug-likeness (QED) is 0.593. The maximum atomic E-state index is 11.1. The Morgan fingerprint density at radius 3 is 2.92 bits per heavy atom. The highest BCUT2D eigenvalue weighted by atomic mass is 16.2. The van der Waals surface area contributed by atoms with Gasteiger partial charge in [0, 0.05) is 19.3 Å². The summed E-state index contributed by atoms with van der Waals surface area (Å²) in [5.74, 6) is 0. The molecule has 0 unspecified atom stereocenters. The minimum absolute atomic E-state index is 0.281. The van der Waals surface area contributed by atoms with Crippen molar-refractivity contribution in [2.75, 3.05) is 0 Å². The van der Waals surface area contributed by atoms with Gasteiger partial charge in [-0.1, -0.05) is 0 Å². The van der Waals surface area contributed by atoms with Crippen LogP contribution in [0.1, 0.15) is 5.56 Å². The molecule has 0 aliphatic carbocycles. The van der Waals surface area contributed by atoms with Gasteiger partial charge in [-0.15, -0.1) is 0 Å². The maximum Gasteiger partial charge on any atom is 0.328 e. The van der Waals surface area contributed by atoms with E-state index in [2.05, 4.69) is 4.98 Å². The first-order valence-electron chi connectivity index (χ1n) is 3.51. The lowest BCUT2D eigenvalue weighted by atomic mass is 10.3. The van der Waals surface area contributed by atoms with E-state index in [-0.39, 0.29) is 5.56 Å². The van der Waals surface area contributed by atoms with Crippen molar-refractivity contribution < 1.29 is 0 Å². The van der Waals surface area contributed by atoms with Gasteiger partial charge in [-0.3, -0.25) is 9.78 Å². The van der Waals surface area contributed by atoms with Crippen molar-refractivity contribution >= 4 is 6.08 Å². The number of rotatable bonds is 1. The molecule has 0 saturated carbocycles. The first-order valence-corrected chi connectivity index (χ1v) is 3.51. The Morgan fingerprint density at radius 2 is 2.31 bits per heavy atom. The standard InChI is InChI=1S/C8H7N3O2/c1-11-5-6(3-2-4-9)7(12)10-8(11)13/h2-3,5H,1H3,(H,10,12,13)/b3-2+. The third-order valence-corrected chi connectivity index (χ3v) is 1.47. The van der Waals surface area contributed by atoms with Crippen LogP contribution < -0.4 is 11.2 Å². The second-order valence-electron chi connectivity index (χ2n) is 2.42. The Hall–Kier alpha value is -2.09. The first kappa shape index (κ1) is 9.00. The summed E-state index contributed by atoms with van der Waals surface area (Å²) in [5.41, 5.74) is -0.683. The van der Waals surface area contributed by atoms with Crippen molar-refractivity contribution in [3.63, 3.8) is 0 Å². The molecule has 1 heterocycles. The molecule has 0 saturated heterocycles. The zero-order valence-corrected chi connectivity index (χ0v) is 6.94. The van der Waals surface area contributed by atoms with E-state index in [9.17, 15) is 9.59 Å². The van der Waals surface area contributed by atoms with Crippen molar-refractivity contribution in [2.45, 2.75) is 0 Å². The molecule has 0 aliphatic heterocycles. The van der Waals surface area contributed by atoms with Gasteiger partial charge in [0.2, 0.25) is 0 Å². The summed E-state index contributed by atoms with van der Waals surface area (Å²) < 4.78 is 1.23. The average Bonchev–Trinajstić information content (AvgIpc) is 2.09. The molecule has 13 heavy (non-hydrogen) atoms. The highest BCUT2D eigenvalue weighted by Crippen LogP contribution is 1.89. The van der Waals surface area contributed by atoms with Crippen LogP contribution in [0.15, 0.2) is 21.9 Å². The Kier molecular flexibility index (Phi) is 2.45. The zero-order valence-electron chi connectivity index (χ0n) is 6.94. The van der Waals surface area contributed by atoms with Crippen molar-refractivity contribution in [1.82, 2.24) is 9.55 Å². The van der Waals surface area contributed by atoms with Crippen LogP contribution in [0.4, 0.5) is 0 Å². The van der Waals surface area contributed by atoms with E-state index < -0.39 is 11.2 Å². The van der Waals surface area contributed by atoms with Gasteiger partial charge in [-0.2, -0.15) is 5.26 Å². The number of hydrogen-bond donors (Lipinski definition) is 1. The minimum atomic E-state index is -0.491. The molecule has 0 spiro atoms. The summed E-state index contributed by atoms with van der Waals surface area (Å²) in [4.78, 5) is 24.1. The lowest BCUT2D eigenvalue weighted by Crippen LogP contribution is -2.28. The van der Waals surface area contributed by atoms with Gasteiger partial charge in [0.25, 0.3) is 5.56 Å². The van der Waals surface area contributed by atoms with E-state index in [0.717, 1.165) is 0 Å². The largest absolute Gasteiger partial charge is 0.328 e. The molecular weight excluding hydrogens is 170 g/mol. The SMILES string of the molecule is Cn1cc(/C=C/C#N)c(=O)[nH]c1=O. The average molecular weight is 177 g/mol. The van der Waals surface area contributed by atoms with Crippen LogP contribution in [0, 0.1) is 11.3 Å². The van der Waals surface area contributed by atoms with Gasteiger partial charge in [0.05, 0.1) is 11.6 Å². The number of nitrogens with zero attached hydrogens (tertiary/aromatic N) is 2. The second kappa shape index (κ2) is 3.54. The van der Waals surface area contributed by atoms with Crippen molar-refractivity contribution in [3.05, 3.63) is 38.7 Å². The Labute approximate surface area is 73.6 Å². The normalized spacial score (nSPS) is 10.2. The fourth-order valence-electron chi connectivity index (χ4n) is 0.829. The van der Waals surface area contributed by atoms with E-state index in [0.29, 0.717) is 0 Å². The van der Waals surface area contributed by atoms with E-state index in [1.807, 2.05) is 0 Å². The number of aryl methyl sites for hydroxylation is 1. The minimum Gasteiger partial charge on any atom is -0.303 e. The first-order chi connectivity index (χ1) is 6.15. The van der Waals surface area contributed by atoms with Gasteiger partial charge in [0.1, 0.15) is 0 Å². The molecule has 5 heteroatoms. The van der Waals surface area contributed by atoms with Gasteiger partial charge in [-0.05, 0) is 6.08 Å². The number of H-pyrrole nitrogens is 1. The lowest BCUT2D eigenvalue weighted by molar-refractivity contribution is 0.796. The summed E-state index contributed by atoms with van der Waals surface area (Å²) in [7, 11) is 1.52. The molecule has 0 aromatic carbocycles. The second-order valence-corrected chi connectivity index (χ2v) is 2.42. The van der Waals surface area contributed by atoms with Crippen LogP contribution in [0.25, 0.3) is 6.08 Å². The smallest absolute Gasteiger partial charge is 0.303 e. The molecule has 1 aromatic rings. The van der Waals surface area contributed by atoms with Crippen LogP contribution in [-0.2, 0) is 7.05 Å². The highest BCUT2D eigenvalue weighted by molar-refractivity contribution is 5.49. The summed E-state index contributed by atoms with van der Waals surface area (Å²) in [6.45, 7) is 0. The summed E-state index contributed by atoms with van der Waals surface area (Å²) >= 11 is 0. The zero-order chi connectivity index (χ0) is 9.84. The maximum absolute atomic E-state index is 11.1. The monoisotopic (exact) mass is 177 g/mol. The van der Waals surface area contributed by atoms with Crippen LogP contribution in [0.3, 0.4) is 0 Å². The molecule has 0 aliphatic rings. The molecular formula is C8H7N3O2.